The molecule has 0 aromatic heterocycles. The molecule has 0 amide bonds. The van der Waals surface area contributed by atoms with Crippen molar-refractivity contribution in [1.29, 1.82) is 0 Å². The summed E-state index contributed by atoms with van der Waals surface area (Å²) in [5, 5.41) is 2.33. The molecule has 0 heterocycles. The van der Waals surface area contributed by atoms with Gasteiger partial charge < -0.3 is 4.74 Å². The van der Waals surface area contributed by atoms with Gasteiger partial charge in [0.05, 0.1) is 0 Å². The van der Waals surface area contributed by atoms with Crippen molar-refractivity contribution in [1.82, 2.24) is 0 Å². The summed E-state index contributed by atoms with van der Waals surface area (Å²) in [4.78, 5) is 18.0. The number of nitrogens with zero attached hydrogens (tertiary/aromatic N) is 1. The normalized spacial score (nSPS) is 14.5. The number of ether oxygens (including phenoxy) is 1. The smallest absolute Gasteiger partial charge is 0.334 e. The van der Waals surface area contributed by atoms with Crippen LogP contribution in [-0.2, 0) is 21.4 Å². The first-order valence-corrected chi connectivity index (χ1v) is 11.2. The number of rotatable bonds is 5. The Balaban J connectivity index is 1.92. The largest absolute Gasteiger partial charge is 0.458 e. The van der Waals surface area contributed by atoms with Crippen molar-refractivity contribution in [2.75, 3.05) is 0 Å². The van der Waals surface area contributed by atoms with Crippen molar-refractivity contribution in [2.24, 2.45) is 4.99 Å². The SMILES string of the molecule is CC(C)(C)OC(=O)[C@](C)(Cc1ccc(C(C)(C)C)cc1)N=Cc1ccc2ccccc2c1. The Kier molecular flexibility index (Phi) is 6.59. The maximum absolute atomic E-state index is 13.2. The molecule has 0 aliphatic carbocycles. The monoisotopic (exact) mass is 429 g/mol. The average Bonchev–Trinajstić information content (AvgIpc) is 2.70. The number of carbonyl (C=O) groups excluding carboxylic acids is 1. The van der Waals surface area contributed by atoms with Crippen molar-refractivity contribution in [3.8, 4) is 0 Å². The molecule has 0 aliphatic rings. The Bertz CT molecular complexity index is 1110. The van der Waals surface area contributed by atoms with Gasteiger partial charge in [-0.15, -0.1) is 0 Å². The summed E-state index contributed by atoms with van der Waals surface area (Å²) in [6.07, 6.45) is 2.26. The molecular formula is C29H35NO2. The predicted octanol–water partition coefficient (Wildman–Crippen LogP) is 6.90. The number of benzene rings is 3. The van der Waals surface area contributed by atoms with E-state index in [-0.39, 0.29) is 11.4 Å². The van der Waals surface area contributed by atoms with Crippen LogP contribution >= 0.6 is 0 Å². The lowest BCUT2D eigenvalue weighted by atomic mass is 9.85. The van der Waals surface area contributed by atoms with E-state index >= 15 is 0 Å². The Morgan fingerprint density at radius 2 is 1.47 bits per heavy atom. The quantitative estimate of drug-likeness (QED) is 0.327. The van der Waals surface area contributed by atoms with Gasteiger partial charge in [0, 0.05) is 12.6 Å². The molecule has 0 saturated heterocycles. The molecule has 3 aromatic rings. The standard InChI is InChI=1S/C29H35NO2/c1-27(2,3)25-16-13-21(14-17-25)19-29(7,26(31)32-28(4,5)6)30-20-22-12-15-23-10-8-9-11-24(23)18-22/h8-18,20H,19H2,1-7H3/t29-/m0/s1. The van der Waals surface area contributed by atoms with Crippen LogP contribution in [0.2, 0.25) is 0 Å². The Labute approximate surface area is 192 Å². The molecule has 0 radical (unpaired) electrons. The van der Waals surface area contributed by atoms with Crippen LogP contribution in [0.15, 0.2) is 71.7 Å². The fourth-order valence-electron chi connectivity index (χ4n) is 3.58. The second-order valence-corrected chi connectivity index (χ2v) is 10.8. The van der Waals surface area contributed by atoms with Crippen molar-refractivity contribution in [3.05, 3.63) is 83.4 Å². The maximum Gasteiger partial charge on any atom is 0.334 e. The van der Waals surface area contributed by atoms with Gasteiger partial charge in [-0.2, -0.15) is 0 Å². The van der Waals surface area contributed by atoms with Crippen LogP contribution in [0.3, 0.4) is 0 Å². The molecule has 3 heteroatoms. The average molecular weight is 430 g/mol. The van der Waals surface area contributed by atoms with E-state index in [1.165, 1.54) is 10.9 Å². The van der Waals surface area contributed by atoms with Gasteiger partial charge in [0.15, 0.2) is 5.54 Å². The summed E-state index contributed by atoms with van der Waals surface area (Å²) >= 11 is 0. The van der Waals surface area contributed by atoms with E-state index in [0.29, 0.717) is 6.42 Å². The van der Waals surface area contributed by atoms with E-state index in [1.807, 2.05) is 45.9 Å². The third-order valence-electron chi connectivity index (χ3n) is 5.48. The third kappa shape index (κ3) is 6.06. The van der Waals surface area contributed by atoms with Crippen LogP contribution < -0.4 is 0 Å². The minimum absolute atomic E-state index is 0.0846. The summed E-state index contributed by atoms with van der Waals surface area (Å²) in [6.45, 7) is 14.1. The lowest BCUT2D eigenvalue weighted by molar-refractivity contribution is -0.160. The highest BCUT2D eigenvalue weighted by Crippen LogP contribution is 2.26. The van der Waals surface area contributed by atoms with Crippen LogP contribution in [0.1, 0.15) is 65.2 Å². The molecular weight excluding hydrogens is 394 g/mol. The molecule has 0 N–H and O–H groups in total. The lowest BCUT2D eigenvalue weighted by Crippen LogP contribution is -2.41. The molecule has 168 valence electrons. The first-order chi connectivity index (χ1) is 14.9. The minimum atomic E-state index is -1.03. The van der Waals surface area contributed by atoms with Crippen molar-refractivity contribution < 1.29 is 9.53 Å². The number of hydrogen-bond donors (Lipinski definition) is 0. The Hall–Kier alpha value is -2.94. The first-order valence-electron chi connectivity index (χ1n) is 11.2. The summed E-state index contributed by atoms with van der Waals surface area (Å²) in [7, 11) is 0. The van der Waals surface area contributed by atoms with Gasteiger partial charge in [-0.1, -0.05) is 81.4 Å². The van der Waals surface area contributed by atoms with Gasteiger partial charge in [-0.25, -0.2) is 4.79 Å². The van der Waals surface area contributed by atoms with Gasteiger partial charge in [0.1, 0.15) is 5.60 Å². The summed E-state index contributed by atoms with van der Waals surface area (Å²) < 4.78 is 5.76. The topological polar surface area (TPSA) is 38.7 Å². The van der Waals surface area contributed by atoms with Gasteiger partial charge >= 0.3 is 5.97 Å². The van der Waals surface area contributed by atoms with E-state index < -0.39 is 11.1 Å². The second-order valence-electron chi connectivity index (χ2n) is 10.8. The zero-order valence-corrected chi connectivity index (χ0v) is 20.4. The van der Waals surface area contributed by atoms with E-state index in [9.17, 15) is 4.79 Å². The number of esters is 1. The Morgan fingerprint density at radius 1 is 0.844 bits per heavy atom. The molecule has 0 spiro atoms. The van der Waals surface area contributed by atoms with Crippen molar-refractivity contribution in [2.45, 2.75) is 71.4 Å². The van der Waals surface area contributed by atoms with E-state index in [4.69, 9.17) is 9.73 Å². The molecule has 0 fully saturated rings. The molecule has 0 bridgehead atoms. The number of fused-ring (bicyclic) bond motifs is 1. The summed E-state index contributed by atoms with van der Waals surface area (Å²) in [5.74, 6) is -0.318. The second kappa shape index (κ2) is 8.90. The zero-order valence-electron chi connectivity index (χ0n) is 20.4. The highest BCUT2D eigenvalue weighted by molar-refractivity contribution is 5.92. The van der Waals surface area contributed by atoms with Crippen molar-refractivity contribution in [3.63, 3.8) is 0 Å². The molecule has 0 unspecified atom stereocenters. The lowest BCUT2D eigenvalue weighted by Gasteiger charge is -2.29. The zero-order chi connectivity index (χ0) is 23.6. The first kappa shape index (κ1) is 23.7. The van der Waals surface area contributed by atoms with E-state index in [0.717, 1.165) is 16.5 Å². The van der Waals surface area contributed by atoms with Gasteiger partial charge in [0.2, 0.25) is 0 Å². The van der Waals surface area contributed by atoms with Crippen LogP contribution in [0.4, 0.5) is 0 Å². The minimum Gasteiger partial charge on any atom is -0.458 e. The third-order valence-corrected chi connectivity index (χ3v) is 5.48. The van der Waals surface area contributed by atoms with E-state index in [2.05, 4.69) is 69.3 Å². The van der Waals surface area contributed by atoms with Gasteiger partial charge in [-0.05, 0) is 66.6 Å². The molecule has 1 atom stereocenters. The number of hydrogen-bond acceptors (Lipinski definition) is 3. The Morgan fingerprint density at radius 3 is 2.06 bits per heavy atom. The highest BCUT2D eigenvalue weighted by atomic mass is 16.6. The predicted molar refractivity (Wildman–Crippen MR) is 135 cm³/mol. The number of aliphatic imine (C=N–C) groups is 1. The van der Waals surface area contributed by atoms with Gasteiger partial charge in [0.25, 0.3) is 0 Å². The van der Waals surface area contributed by atoms with Crippen LogP contribution in [0.5, 0.6) is 0 Å². The summed E-state index contributed by atoms with van der Waals surface area (Å²) in [5.41, 5.74) is 1.76. The molecule has 0 aliphatic heterocycles. The fourth-order valence-corrected chi connectivity index (χ4v) is 3.58. The fraction of sp³-hybridized carbons (Fsp3) is 0.379. The molecule has 3 aromatic carbocycles. The van der Waals surface area contributed by atoms with Crippen LogP contribution in [-0.4, -0.2) is 23.3 Å². The highest BCUT2D eigenvalue weighted by Gasteiger charge is 2.37. The van der Waals surface area contributed by atoms with Crippen LogP contribution in [0.25, 0.3) is 10.8 Å². The van der Waals surface area contributed by atoms with E-state index in [1.54, 1.807) is 6.21 Å². The van der Waals surface area contributed by atoms with Crippen LogP contribution in [0, 0.1) is 0 Å². The summed E-state index contributed by atoms with van der Waals surface area (Å²) in [6, 6.07) is 22.9. The van der Waals surface area contributed by atoms with Crippen molar-refractivity contribution >= 4 is 23.0 Å². The molecule has 3 nitrogen and oxygen atoms in total. The maximum atomic E-state index is 13.2. The number of carbonyl (C=O) groups is 1. The van der Waals surface area contributed by atoms with Gasteiger partial charge in [-0.3, -0.25) is 4.99 Å². The molecule has 32 heavy (non-hydrogen) atoms. The molecule has 0 saturated carbocycles. The molecule has 3 rings (SSSR count).